The van der Waals surface area contributed by atoms with E-state index in [1.54, 1.807) is 23.9 Å². The van der Waals surface area contributed by atoms with Crippen molar-refractivity contribution in [3.8, 4) is 5.75 Å². The minimum absolute atomic E-state index is 0.294. The van der Waals surface area contributed by atoms with Gasteiger partial charge in [-0.1, -0.05) is 23.2 Å². The number of carbonyl (C=O) groups excluding carboxylic acids is 1. The van der Waals surface area contributed by atoms with Crippen LogP contribution in [0.2, 0.25) is 10.0 Å². The largest absolute Gasteiger partial charge is 0.482 e. The van der Waals surface area contributed by atoms with Crippen LogP contribution < -0.4 is 10.1 Å². The van der Waals surface area contributed by atoms with E-state index < -0.39 is 17.4 Å². The second kappa shape index (κ2) is 7.44. The van der Waals surface area contributed by atoms with Gasteiger partial charge in [-0.15, -0.1) is 0 Å². The van der Waals surface area contributed by atoms with Gasteiger partial charge in [0.1, 0.15) is 11.3 Å². The summed E-state index contributed by atoms with van der Waals surface area (Å²) in [5.41, 5.74) is -1.20. The number of carboxylic acids is 1. The third-order valence-electron chi connectivity index (χ3n) is 3.39. The Morgan fingerprint density at radius 2 is 2.00 bits per heavy atom. The molecular weight excluding hydrogens is 349 g/mol. The highest BCUT2D eigenvalue weighted by atomic mass is 35.5. The molecule has 0 unspecified atom stereocenters. The highest BCUT2D eigenvalue weighted by molar-refractivity contribution is 7.99. The summed E-state index contributed by atoms with van der Waals surface area (Å²) < 4.78 is 5.32. The maximum Gasteiger partial charge on any atom is 0.329 e. The summed E-state index contributed by atoms with van der Waals surface area (Å²) >= 11 is 13.4. The smallest absolute Gasteiger partial charge is 0.329 e. The van der Waals surface area contributed by atoms with E-state index in [9.17, 15) is 14.7 Å². The zero-order valence-corrected chi connectivity index (χ0v) is 13.9. The highest BCUT2D eigenvalue weighted by Crippen LogP contribution is 2.29. The van der Waals surface area contributed by atoms with Gasteiger partial charge in [0.05, 0.1) is 5.02 Å². The van der Waals surface area contributed by atoms with Crippen molar-refractivity contribution in [2.24, 2.45) is 0 Å². The van der Waals surface area contributed by atoms with Gasteiger partial charge in [-0.2, -0.15) is 11.8 Å². The molecule has 2 rings (SSSR count). The van der Waals surface area contributed by atoms with Gasteiger partial charge in [0, 0.05) is 5.02 Å². The number of hydrogen-bond donors (Lipinski definition) is 2. The van der Waals surface area contributed by atoms with Gasteiger partial charge in [0.15, 0.2) is 6.61 Å². The summed E-state index contributed by atoms with van der Waals surface area (Å²) in [6, 6.07) is 4.66. The van der Waals surface area contributed by atoms with E-state index in [1.165, 1.54) is 6.07 Å². The molecule has 0 atom stereocenters. The van der Waals surface area contributed by atoms with Crippen molar-refractivity contribution in [3.05, 3.63) is 28.2 Å². The van der Waals surface area contributed by atoms with Crippen molar-refractivity contribution in [1.82, 2.24) is 5.32 Å². The van der Waals surface area contributed by atoms with Crippen molar-refractivity contribution < 1.29 is 19.4 Å². The molecule has 1 aliphatic rings. The van der Waals surface area contributed by atoms with Gasteiger partial charge >= 0.3 is 5.97 Å². The fourth-order valence-corrected chi connectivity index (χ4v) is 3.80. The van der Waals surface area contributed by atoms with Gasteiger partial charge < -0.3 is 15.2 Å². The number of benzene rings is 1. The number of ether oxygens (including phenoxy) is 1. The molecule has 0 bridgehead atoms. The van der Waals surface area contributed by atoms with Gasteiger partial charge in [0.25, 0.3) is 5.91 Å². The number of rotatable bonds is 5. The molecular formula is C14H15Cl2NO4S. The topological polar surface area (TPSA) is 75.6 Å². The number of hydrogen-bond acceptors (Lipinski definition) is 4. The quantitative estimate of drug-likeness (QED) is 0.840. The SMILES string of the molecule is O=C(COc1ccc(Cl)cc1Cl)NC1(C(=O)O)CCSCC1. The van der Waals surface area contributed by atoms with Crippen molar-refractivity contribution in [3.63, 3.8) is 0 Å². The molecule has 0 radical (unpaired) electrons. The number of carboxylic acid groups (broad SMARTS) is 1. The first kappa shape index (κ1) is 17.2. The van der Waals surface area contributed by atoms with Crippen LogP contribution in [0, 0.1) is 0 Å². The molecule has 1 aromatic rings. The van der Waals surface area contributed by atoms with Gasteiger partial charge in [0.2, 0.25) is 0 Å². The summed E-state index contributed by atoms with van der Waals surface area (Å²) in [7, 11) is 0. The predicted octanol–water partition coefficient (Wildman–Crippen LogP) is 2.84. The standard InChI is InChI=1S/C14H15Cl2NO4S/c15-9-1-2-11(10(16)7-9)21-8-12(18)17-14(13(19)20)3-5-22-6-4-14/h1-2,7H,3-6,8H2,(H,17,18)(H,19,20). The highest BCUT2D eigenvalue weighted by Gasteiger charge is 2.41. The molecule has 0 aliphatic carbocycles. The first-order chi connectivity index (χ1) is 10.4. The Balaban J connectivity index is 1.95. The third-order valence-corrected chi connectivity index (χ3v) is 4.90. The minimum Gasteiger partial charge on any atom is -0.482 e. The number of thioether (sulfide) groups is 1. The zero-order valence-electron chi connectivity index (χ0n) is 11.6. The second-order valence-corrected chi connectivity index (χ2v) is 6.98. The summed E-state index contributed by atoms with van der Waals surface area (Å²) in [4.78, 5) is 23.5. The van der Waals surface area contributed by atoms with Gasteiger partial charge in [-0.05, 0) is 42.5 Å². The van der Waals surface area contributed by atoms with Crippen LogP contribution in [0.25, 0.3) is 0 Å². The van der Waals surface area contributed by atoms with Crippen LogP contribution in [0.3, 0.4) is 0 Å². The lowest BCUT2D eigenvalue weighted by atomic mass is 9.92. The molecule has 0 saturated carbocycles. The summed E-state index contributed by atoms with van der Waals surface area (Å²) in [5, 5.41) is 12.7. The van der Waals surface area contributed by atoms with Crippen molar-refractivity contribution in [1.29, 1.82) is 0 Å². The monoisotopic (exact) mass is 363 g/mol. The molecule has 1 saturated heterocycles. The van der Waals surface area contributed by atoms with Gasteiger partial charge in [-0.3, -0.25) is 4.79 Å². The molecule has 1 aromatic carbocycles. The lowest BCUT2D eigenvalue weighted by Gasteiger charge is -2.33. The number of aliphatic carboxylic acids is 1. The molecule has 0 aromatic heterocycles. The van der Waals surface area contributed by atoms with E-state index in [2.05, 4.69) is 5.32 Å². The Morgan fingerprint density at radius 1 is 1.32 bits per heavy atom. The second-order valence-electron chi connectivity index (χ2n) is 4.91. The Bertz CT molecular complexity index is 576. The number of amides is 1. The first-order valence-corrected chi connectivity index (χ1v) is 8.54. The summed E-state index contributed by atoms with van der Waals surface area (Å²) in [6.07, 6.45) is 0.806. The van der Waals surface area contributed by atoms with E-state index in [0.29, 0.717) is 40.1 Å². The summed E-state index contributed by atoms with van der Waals surface area (Å²) in [6.45, 7) is -0.302. The Kier molecular flexibility index (Phi) is 5.83. The third kappa shape index (κ3) is 4.21. The maximum atomic E-state index is 12.0. The van der Waals surface area contributed by atoms with Crippen molar-refractivity contribution in [2.45, 2.75) is 18.4 Å². The lowest BCUT2D eigenvalue weighted by molar-refractivity contribution is -0.148. The molecule has 5 nitrogen and oxygen atoms in total. The van der Waals surface area contributed by atoms with E-state index in [0.717, 1.165) is 0 Å². The van der Waals surface area contributed by atoms with Crippen molar-refractivity contribution >= 4 is 46.8 Å². The van der Waals surface area contributed by atoms with Crippen LogP contribution in [0.4, 0.5) is 0 Å². The minimum atomic E-state index is -1.20. The number of nitrogens with one attached hydrogen (secondary N) is 1. The maximum absolute atomic E-state index is 12.0. The van der Waals surface area contributed by atoms with Crippen LogP contribution in [-0.2, 0) is 9.59 Å². The predicted molar refractivity (Wildman–Crippen MR) is 87.0 cm³/mol. The van der Waals surface area contributed by atoms with Gasteiger partial charge in [-0.25, -0.2) is 4.79 Å². The van der Waals surface area contributed by atoms with E-state index in [4.69, 9.17) is 27.9 Å². The molecule has 8 heteroatoms. The van der Waals surface area contributed by atoms with Crippen LogP contribution >= 0.6 is 35.0 Å². The summed E-state index contributed by atoms with van der Waals surface area (Å²) in [5.74, 6) is 0.239. The lowest BCUT2D eigenvalue weighted by Crippen LogP contribution is -2.57. The number of halogens is 2. The van der Waals surface area contributed by atoms with Crippen LogP contribution in [0.5, 0.6) is 5.75 Å². The number of carbonyl (C=O) groups is 2. The van der Waals surface area contributed by atoms with Crippen LogP contribution in [0.1, 0.15) is 12.8 Å². The van der Waals surface area contributed by atoms with Crippen molar-refractivity contribution in [2.75, 3.05) is 18.1 Å². The fourth-order valence-electron chi connectivity index (χ4n) is 2.15. The Labute approximate surface area is 142 Å². The molecule has 120 valence electrons. The zero-order chi connectivity index (χ0) is 16.2. The molecule has 22 heavy (non-hydrogen) atoms. The molecule has 2 N–H and O–H groups in total. The van der Waals surface area contributed by atoms with E-state index in [1.807, 2.05) is 0 Å². The van der Waals surface area contributed by atoms with E-state index >= 15 is 0 Å². The average molecular weight is 364 g/mol. The van der Waals surface area contributed by atoms with Crippen LogP contribution in [0.15, 0.2) is 18.2 Å². The normalized spacial score (nSPS) is 16.8. The van der Waals surface area contributed by atoms with Crippen LogP contribution in [-0.4, -0.2) is 40.6 Å². The molecule has 0 spiro atoms. The Hall–Kier alpha value is -1.11. The molecule has 1 amide bonds. The molecule has 1 heterocycles. The Morgan fingerprint density at radius 3 is 2.59 bits per heavy atom. The van der Waals surface area contributed by atoms with E-state index in [-0.39, 0.29) is 6.61 Å². The molecule has 1 fully saturated rings. The fraction of sp³-hybridized carbons (Fsp3) is 0.429. The molecule has 1 aliphatic heterocycles. The average Bonchev–Trinajstić information content (AvgIpc) is 2.47. The first-order valence-electron chi connectivity index (χ1n) is 6.63.